The van der Waals surface area contributed by atoms with E-state index in [1.807, 2.05) is 0 Å². The molecule has 1 fully saturated rings. The first-order chi connectivity index (χ1) is 7.77. The summed E-state index contributed by atoms with van der Waals surface area (Å²) in [5.41, 5.74) is 5.96. The number of hydrogen-bond donors (Lipinski definition) is 3. The van der Waals surface area contributed by atoms with Crippen LogP contribution in [0.5, 0.6) is 0 Å². The zero-order valence-electron chi connectivity index (χ0n) is 9.20. The van der Waals surface area contributed by atoms with Crippen molar-refractivity contribution in [2.75, 3.05) is 31.9 Å². The number of carbonyl (C=O) groups excluding carboxylic acids is 1. The predicted octanol–water partition coefficient (Wildman–Crippen LogP) is -0.183. The maximum absolute atomic E-state index is 11.6. The fraction of sp³-hybridized carbons (Fsp3) is 0.600. The van der Waals surface area contributed by atoms with Crippen LogP contribution in [0.4, 0.5) is 5.82 Å². The number of nitrogens with two attached hydrogens (primary N) is 1. The molecular formula is C10H17N5O. The molecule has 1 amide bonds. The van der Waals surface area contributed by atoms with Crippen LogP contribution in [-0.4, -0.2) is 47.2 Å². The summed E-state index contributed by atoms with van der Waals surface area (Å²) in [4.78, 5) is 14.0. The second kappa shape index (κ2) is 4.98. The Kier molecular flexibility index (Phi) is 3.40. The molecule has 0 radical (unpaired) electrons. The Hall–Kier alpha value is -1.56. The minimum Gasteiger partial charge on any atom is -0.383 e. The van der Waals surface area contributed by atoms with Gasteiger partial charge in [0.05, 0.1) is 6.20 Å². The Morgan fingerprint density at radius 3 is 2.94 bits per heavy atom. The van der Waals surface area contributed by atoms with Crippen LogP contribution in [0.25, 0.3) is 0 Å². The van der Waals surface area contributed by atoms with Crippen LogP contribution in [0.15, 0.2) is 6.20 Å². The normalized spacial score (nSPS) is 16.5. The van der Waals surface area contributed by atoms with Crippen molar-refractivity contribution in [2.45, 2.75) is 12.8 Å². The highest BCUT2D eigenvalue weighted by atomic mass is 16.1. The van der Waals surface area contributed by atoms with Gasteiger partial charge in [-0.3, -0.25) is 9.89 Å². The van der Waals surface area contributed by atoms with Gasteiger partial charge in [-0.25, -0.2) is 0 Å². The lowest BCUT2D eigenvalue weighted by Crippen LogP contribution is -2.33. The molecular weight excluding hydrogens is 206 g/mol. The third-order valence-corrected chi connectivity index (χ3v) is 2.83. The van der Waals surface area contributed by atoms with Crippen molar-refractivity contribution in [1.82, 2.24) is 20.4 Å². The monoisotopic (exact) mass is 223 g/mol. The number of aromatic amines is 1. The number of rotatable bonds is 4. The molecule has 4 N–H and O–H groups in total. The summed E-state index contributed by atoms with van der Waals surface area (Å²) >= 11 is 0. The molecule has 0 spiro atoms. The molecule has 0 atom stereocenters. The number of H-pyrrole nitrogens is 1. The van der Waals surface area contributed by atoms with Crippen molar-refractivity contribution in [3.05, 3.63) is 11.8 Å². The second-order valence-electron chi connectivity index (χ2n) is 4.00. The Morgan fingerprint density at radius 1 is 1.56 bits per heavy atom. The fourth-order valence-corrected chi connectivity index (χ4v) is 1.91. The van der Waals surface area contributed by atoms with Crippen LogP contribution >= 0.6 is 0 Å². The van der Waals surface area contributed by atoms with E-state index in [1.165, 1.54) is 19.0 Å². The number of hydrogen-bond acceptors (Lipinski definition) is 4. The summed E-state index contributed by atoms with van der Waals surface area (Å²) in [5.74, 6) is 0.157. The first-order valence-corrected chi connectivity index (χ1v) is 5.57. The van der Waals surface area contributed by atoms with Crippen LogP contribution in [0.2, 0.25) is 0 Å². The summed E-state index contributed by atoms with van der Waals surface area (Å²) in [5, 5.41) is 9.08. The average Bonchev–Trinajstić information content (AvgIpc) is 2.88. The topological polar surface area (TPSA) is 87.0 Å². The second-order valence-corrected chi connectivity index (χ2v) is 4.00. The molecule has 6 heteroatoms. The largest absolute Gasteiger partial charge is 0.383 e. The van der Waals surface area contributed by atoms with Gasteiger partial charge < -0.3 is 16.0 Å². The number of aromatic nitrogens is 2. The maximum Gasteiger partial charge on any atom is 0.256 e. The highest BCUT2D eigenvalue weighted by molar-refractivity contribution is 5.98. The standard InChI is InChI=1S/C10H17N5O/c11-9-8(7-13-14-9)10(16)12-3-6-15-4-1-2-5-15/h7H,1-6H2,(H,12,16)(H3,11,13,14). The van der Waals surface area contributed by atoms with E-state index in [0.717, 1.165) is 19.6 Å². The molecule has 1 aromatic rings. The van der Waals surface area contributed by atoms with Crippen molar-refractivity contribution in [3.63, 3.8) is 0 Å². The van der Waals surface area contributed by atoms with Gasteiger partial charge in [-0.05, 0) is 25.9 Å². The lowest BCUT2D eigenvalue weighted by molar-refractivity contribution is 0.0950. The van der Waals surface area contributed by atoms with Crippen molar-refractivity contribution in [2.24, 2.45) is 0 Å². The minimum absolute atomic E-state index is 0.162. The van der Waals surface area contributed by atoms with Crippen LogP contribution in [0.1, 0.15) is 23.2 Å². The molecule has 1 saturated heterocycles. The Balaban J connectivity index is 1.73. The van der Waals surface area contributed by atoms with E-state index in [9.17, 15) is 4.79 Å². The first kappa shape index (κ1) is 10.9. The number of nitrogen functional groups attached to an aromatic ring is 1. The maximum atomic E-state index is 11.6. The summed E-state index contributed by atoms with van der Waals surface area (Å²) in [6.45, 7) is 3.85. The van der Waals surface area contributed by atoms with Gasteiger partial charge in [-0.2, -0.15) is 5.10 Å². The minimum atomic E-state index is -0.162. The van der Waals surface area contributed by atoms with E-state index in [-0.39, 0.29) is 5.91 Å². The number of amides is 1. The summed E-state index contributed by atoms with van der Waals surface area (Å²) in [7, 11) is 0. The van der Waals surface area contributed by atoms with Crippen molar-refractivity contribution in [1.29, 1.82) is 0 Å². The van der Waals surface area contributed by atoms with Gasteiger partial charge in [-0.1, -0.05) is 0 Å². The van der Waals surface area contributed by atoms with E-state index in [4.69, 9.17) is 5.73 Å². The van der Waals surface area contributed by atoms with Gasteiger partial charge in [-0.15, -0.1) is 0 Å². The van der Waals surface area contributed by atoms with E-state index in [1.54, 1.807) is 0 Å². The highest BCUT2D eigenvalue weighted by Crippen LogP contribution is 2.07. The van der Waals surface area contributed by atoms with Gasteiger partial charge in [0, 0.05) is 13.1 Å². The number of nitrogens with one attached hydrogen (secondary N) is 2. The van der Waals surface area contributed by atoms with Gasteiger partial charge in [0.15, 0.2) is 0 Å². The van der Waals surface area contributed by atoms with E-state index in [2.05, 4.69) is 20.4 Å². The molecule has 0 saturated carbocycles. The average molecular weight is 223 g/mol. The van der Waals surface area contributed by atoms with Crippen LogP contribution in [-0.2, 0) is 0 Å². The van der Waals surface area contributed by atoms with Gasteiger partial charge in [0.25, 0.3) is 5.91 Å². The smallest absolute Gasteiger partial charge is 0.256 e. The molecule has 88 valence electrons. The molecule has 0 aromatic carbocycles. The molecule has 2 heterocycles. The molecule has 2 rings (SSSR count). The summed E-state index contributed by atoms with van der Waals surface area (Å²) in [6, 6.07) is 0. The third kappa shape index (κ3) is 2.52. The number of anilines is 1. The van der Waals surface area contributed by atoms with Crippen molar-refractivity contribution >= 4 is 11.7 Å². The number of likely N-dealkylation sites (tertiary alicyclic amines) is 1. The molecule has 1 aromatic heterocycles. The fourth-order valence-electron chi connectivity index (χ4n) is 1.91. The van der Waals surface area contributed by atoms with Crippen molar-refractivity contribution in [3.8, 4) is 0 Å². The Labute approximate surface area is 94.2 Å². The Bertz CT molecular complexity index is 356. The number of nitrogens with zero attached hydrogens (tertiary/aromatic N) is 2. The third-order valence-electron chi connectivity index (χ3n) is 2.83. The zero-order chi connectivity index (χ0) is 11.4. The van der Waals surface area contributed by atoms with E-state index in [0.29, 0.717) is 17.9 Å². The zero-order valence-corrected chi connectivity index (χ0v) is 9.20. The van der Waals surface area contributed by atoms with Crippen LogP contribution in [0.3, 0.4) is 0 Å². The van der Waals surface area contributed by atoms with Gasteiger partial charge in [0.1, 0.15) is 11.4 Å². The van der Waals surface area contributed by atoms with Gasteiger partial charge in [0.2, 0.25) is 0 Å². The molecule has 0 bridgehead atoms. The summed E-state index contributed by atoms with van der Waals surface area (Å²) < 4.78 is 0. The van der Waals surface area contributed by atoms with Crippen LogP contribution in [0, 0.1) is 0 Å². The van der Waals surface area contributed by atoms with Crippen molar-refractivity contribution < 1.29 is 4.79 Å². The highest BCUT2D eigenvalue weighted by Gasteiger charge is 2.13. The molecule has 0 unspecified atom stereocenters. The molecule has 16 heavy (non-hydrogen) atoms. The lowest BCUT2D eigenvalue weighted by atomic mass is 10.3. The molecule has 1 aliphatic rings. The number of carbonyl (C=O) groups is 1. The van der Waals surface area contributed by atoms with Gasteiger partial charge >= 0.3 is 0 Å². The lowest BCUT2D eigenvalue weighted by Gasteiger charge is -2.14. The molecule has 1 aliphatic heterocycles. The molecule has 0 aliphatic carbocycles. The predicted molar refractivity (Wildman–Crippen MR) is 61.0 cm³/mol. The van der Waals surface area contributed by atoms with E-state index < -0.39 is 0 Å². The Morgan fingerprint density at radius 2 is 2.31 bits per heavy atom. The quantitative estimate of drug-likeness (QED) is 0.660. The first-order valence-electron chi connectivity index (χ1n) is 5.57. The summed E-state index contributed by atoms with van der Waals surface area (Å²) in [6.07, 6.45) is 3.98. The SMILES string of the molecule is Nc1[nH]ncc1C(=O)NCCN1CCCC1. The molecule has 6 nitrogen and oxygen atoms in total. The van der Waals surface area contributed by atoms with E-state index >= 15 is 0 Å². The van der Waals surface area contributed by atoms with Crippen LogP contribution < -0.4 is 11.1 Å².